The summed E-state index contributed by atoms with van der Waals surface area (Å²) in [4.78, 5) is 18.4. The number of ether oxygens (including phenoxy) is 3. The largest absolute Gasteiger partial charge is 0.487 e. The van der Waals surface area contributed by atoms with E-state index in [1.165, 1.54) is 12.0 Å². The Labute approximate surface area is 297 Å². The smallest absolute Gasteiger partial charge is 0.264 e. The Bertz CT molecular complexity index is 1590. The number of nitrogens with one attached hydrogen (secondary N) is 1. The molecule has 3 fully saturated rings. The summed E-state index contributed by atoms with van der Waals surface area (Å²) in [6, 6.07) is 11.6. The highest BCUT2D eigenvalue weighted by Crippen LogP contribution is 2.46. The molecule has 2 aromatic carbocycles. The predicted molar refractivity (Wildman–Crippen MR) is 192 cm³/mol. The SMILES string of the molecule is C[C@@H]1[C@@H](C)CCC[C@H](C2OCC(N3CCC3)CO2)[C@@H]2CC[C@H]2CN2CCCCc3cc(Cl)ccc3COc3ccc(cc32)C(=O)NS1(=O)=O. The summed E-state index contributed by atoms with van der Waals surface area (Å²) in [7, 11) is -3.90. The topological polar surface area (TPSA) is 97.4 Å². The summed E-state index contributed by atoms with van der Waals surface area (Å²) in [5, 5.41) is 0.00831. The van der Waals surface area contributed by atoms with Gasteiger partial charge in [-0.15, -0.1) is 0 Å². The first-order valence-electron chi connectivity index (χ1n) is 18.5. The molecular formula is C38H52ClN3O6S. The van der Waals surface area contributed by atoms with E-state index in [1.807, 2.05) is 37.3 Å². The zero-order chi connectivity index (χ0) is 34.1. The van der Waals surface area contributed by atoms with E-state index >= 15 is 0 Å². The number of carbonyl (C=O) groups is 1. The number of benzene rings is 2. The van der Waals surface area contributed by atoms with Gasteiger partial charge in [0.1, 0.15) is 12.4 Å². The second-order valence-corrected chi connectivity index (χ2v) is 17.6. The van der Waals surface area contributed by atoms with Crippen molar-refractivity contribution in [3.63, 3.8) is 0 Å². The highest BCUT2D eigenvalue weighted by atomic mass is 35.5. The predicted octanol–water partition coefficient (Wildman–Crippen LogP) is 6.42. The van der Waals surface area contributed by atoms with Gasteiger partial charge in [-0.2, -0.15) is 0 Å². The minimum atomic E-state index is -3.90. The maximum Gasteiger partial charge on any atom is 0.264 e. The summed E-state index contributed by atoms with van der Waals surface area (Å²) in [5.41, 5.74) is 3.44. The number of nitrogens with zero attached hydrogens (tertiary/aromatic N) is 2. The molecule has 1 N–H and O–H groups in total. The highest BCUT2D eigenvalue weighted by molar-refractivity contribution is 7.90. The van der Waals surface area contributed by atoms with E-state index in [9.17, 15) is 13.2 Å². The molecule has 0 radical (unpaired) electrons. The number of likely N-dealkylation sites (tertiary alicyclic amines) is 1. The second-order valence-electron chi connectivity index (χ2n) is 15.1. The van der Waals surface area contributed by atoms with Crippen molar-refractivity contribution in [3.05, 3.63) is 58.1 Å². The van der Waals surface area contributed by atoms with E-state index in [0.29, 0.717) is 49.0 Å². The number of halogens is 1. The second kappa shape index (κ2) is 15.1. The standard InChI is InChI=1S/C38H52ClN3O6S/c1-25-7-5-9-34(38-47-23-32(24-48-38)41-17-6-18-41)33-14-11-29(33)21-42-16-4-3-8-27-19-31(39)13-10-30(27)22-46-36-15-12-28(20-35(36)42)37(43)40-49(44,45)26(25)2/h10,12-13,15,19-20,25-26,29,32-34,38H,3-9,11,14,16-18,21-24H2,1-2H3,(H,40,43)/t25-,26+,29-,32?,33+,34-,38?/m0/s1. The van der Waals surface area contributed by atoms with Crippen molar-refractivity contribution < 1.29 is 27.4 Å². The molecule has 49 heavy (non-hydrogen) atoms. The summed E-state index contributed by atoms with van der Waals surface area (Å²) in [5.74, 6) is 1.10. The van der Waals surface area contributed by atoms with Crippen LogP contribution in [0.3, 0.4) is 0 Å². The van der Waals surface area contributed by atoms with Crippen LogP contribution in [0.4, 0.5) is 5.69 Å². The Balaban J connectivity index is 1.20. The molecule has 2 aromatic rings. The number of hydrogen-bond acceptors (Lipinski definition) is 8. The molecular weight excluding hydrogens is 662 g/mol. The van der Waals surface area contributed by atoms with Crippen LogP contribution in [0.1, 0.15) is 86.7 Å². The van der Waals surface area contributed by atoms with Crippen LogP contribution in [0.15, 0.2) is 36.4 Å². The third-order valence-corrected chi connectivity index (χ3v) is 14.3. The Kier molecular flexibility index (Phi) is 10.8. The number of sulfonamides is 1. The van der Waals surface area contributed by atoms with Crippen LogP contribution in [0.25, 0.3) is 0 Å². The van der Waals surface area contributed by atoms with Gasteiger partial charge in [0.05, 0.1) is 30.2 Å². The minimum absolute atomic E-state index is 0.117. The third kappa shape index (κ3) is 7.78. The van der Waals surface area contributed by atoms with Gasteiger partial charge in [0.25, 0.3) is 5.91 Å². The number of rotatable bonds is 2. The molecule has 0 aromatic heterocycles. The van der Waals surface area contributed by atoms with Gasteiger partial charge in [0.2, 0.25) is 10.0 Å². The van der Waals surface area contributed by atoms with Crippen molar-refractivity contribution in [2.75, 3.05) is 44.3 Å². The van der Waals surface area contributed by atoms with Crippen LogP contribution in [-0.2, 0) is 32.5 Å². The first-order chi connectivity index (χ1) is 23.7. The van der Waals surface area contributed by atoms with Gasteiger partial charge in [0.15, 0.2) is 6.29 Å². The quantitative estimate of drug-likeness (QED) is 0.381. The summed E-state index contributed by atoms with van der Waals surface area (Å²) in [6.45, 7) is 9.35. The maximum atomic E-state index is 13.5. The molecule has 0 unspecified atom stereocenters. The maximum absolute atomic E-state index is 13.5. The number of amides is 1. The van der Waals surface area contributed by atoms with Crippen molar-refractivity contribution in [2.24, 2.45) is 23.7 Å². The molecule has 4 aliphatic heterocycles. The fourth-order valence-corrected chi connectivity index (χ4v) is 9.97. The lowest BCUT2D eigenvalue weighted by molar-refractivity contribution is -0.246. The van der Waals surface area contributed by atoms with Gasteiger partial charge in [-0.05, 0) is 131 Å². The summed E-state index contributed by atoms with van der Waals surface area (Å²) in [6.07, 6.45) is 8.69. The fourth-order valence-electron chi connectivity index (χ4n) is 8.47. The van der Waals surface area contributed by atoms with Gasteiger partial charge in [-0.3, -0.25) is 9.69 Å². The first kappa shape index (κ1) is 35.1. The number of aryl methyl sites for hydroxylation is 1. The van der Waals surface area contributed by atoms with E-state index in [2.05, 4.69) is 14.5 Å². The molecule has 5 atom stereocenters. The molecule has 2 bridgehead atoms. The van der Waals surface area contributed by atoms with Crippen LogP contribution >= 0.6 is 11.6 Å². The normalized spacial score (nSPS) is 32.9. The van der Waals surface area contributed by atoms with Gasteiger partial charge in [-0.1, -0.05) is 31.0 Å². The lowest BCUT2D eigenvalue weighted by Crippen LogP contribution is -2.55. The van der Waals surface area contributed by atoms with Crippen LogP contribution < -0.4 is 14.4 Å². The Morgan fingerprint density at radius 2 is 1.67 bits per heavy atom. The zero-order valence-electron chi connectivity index (χ0n) is 28.9. The Morgan fingerprint density at radius 3 is 2.41 bits per heavy atom. The first-order valence-corrected chi connectivity index (χ1v) is 20.4. The molecule has 1 saturated carbocycles. The molecule has 5 aliphatic rings. The lowest BCUT2D eigenvalue weighted by Gasteiger charge is -2.49. The zero-order valence-corrected chi connectivity index (χ0v) is 30.5. The minimum Gasteiger partial charge on any atom is -0.487 e. The van der Waals surface area contributed by atoms with E-state index in [4.69, 9.17) is 25.8 Å². The monoisotopic (exact) mass is 713 g/mol. The molecule has 4 heterocycles. The molecule has 268 valence electrons. The summed E-state index contributed by atoms with van der Waals surface area (Å²) >= 11 is 6.38. The molecule has 1 aliphatic carbocycles. The lowest BCUT2D eigenvalue weighted by atomic mass is 9.65. The number of anilines is 1. The van der Waals surface area contributed by atoms with Crippen molar-refractivity contribution in [1.29, 1.82) is 0 Å². The molecule has 9 nitrogen and oxygen atoms in total. The number of carbonyl (C=O) groups excluding carboxylic acids is 1. The van der Waals surface area contributed by atoms with Crippen molar-refractivity contribution in [2.45, 2.75) is 95.8 Å². The summed E-state index contributed by atoms with van der Waals surface area (Å²) < 4.78 is 48.9. The molecule has 2 saturated heterocycles. The van der Waals surface area contributed by atoms with Crippen LogP contribution in [0.5, 0.6) is 5.75 Å². The molecule has 1 amide bonds. The van der Waals surface area contributed by atoms with Crippen LogP contribution in [0, 0.1) is 23.7 Å². The van der Waals surface area contributed by atoms with E-state index in [0.717, 1.165) is 93.8 Å². The molecule has 11 heteroatoms. The highest BCUT2D eigenvalue weighted by Gasteiger charge is 2.44. The van der Waals surface area contributed by atoms with Crippen molar-refractivity contribution in [1.82, 2.24) is 9.62 Å². The fraction of sp³-hybridized carbons (Fsp3) is 0.658. The molecule has 7 rings (SSSR count). The van der Waals surface area contributed by atoms with Gasteiger partial charge in [0, 0.05) is 29.6 Å². The van der Waals surface area contributed by atoms with E-state index in [1.54, 1.807) is 13.0 Å². The van der Waals surface area contributed by atoms with E-state index in [-0.39, 0.29) is 18.1 Å². The van der Waals surface area contributed by atoms with Crippen LogP contribution in [0.2, 0.25) is 5.02 Å². The van der Waals surface area contributed by atoms with Gasteiger partial charge < -0.3 is 19.1 Å². The number of fused-ring (bicyclic) bond motifs is 3. The van der Waals surface area contributed by atoms with Crippen molar-refractivity contribution in [3.8, 4) is 5.75 Å². The van der Waals surface area contributed by atoms with E-state index < -0.39 is 21.2 Å². The Morgan fingerprint density at radius 1 is 0.857 bits per heavy atom. The van der Waals surface area contributed by atoms with Gasteiger partial charge in [-0.25, -0.2) is 13.1 Å². The molecule has 0 spiro atoms. The average molecular weight is 714 g/mol. The van der Waals surface area contributed by atoms with Crippen molar-refractivity contribution >= 4 is 33.2 Å². The number of hydrogen-bond donors (Lipinski definition) is 1. The average Bonchev–Trinajstić information content (AvgIpc) is 3.08. The van der Waals surface area contributed by atoms with Crippen LogP contribution in [-0.4, -0.2) is 76.2 Å². The van der Waals surface area contributed by atoms with Gasteiger partial charge >= 0.3 is 0 Å². The third-order valence-electron chi connectivity index (χ3n) is 12.1. The Hall–Kier alpha value is -2.37.